The number of nitrogens with one attached hydrogen (secondary N) is 1. The van der Waals surface area contributed by atoms with Gasteiger partial charge in [-0.2, -0.15) is 0 Å². The van der Waals surface area contributed by atoms with Gasteiger partial charge in [-0.05, 0) is 36.4 Å². The third kappa shape index (κ3) is 3.62. The molecule has 1 N–H and O–H groups in total. The molecule has 0 saturated heterocycles. The van der Waals surface area contributed by atoms with Gasteiger partial charge < -0.3 is 4.42 Å². The van der Waals surface area contributed by atoms with E-state index in [1.165, 1.54) is 43.3 Å². The Morgan fingerprint density at radius 1 is 1.12 bits per heavy atom. The molecule has 1 aromatic heterocycles. The average molecular weight is 375 g/mol. The summed E-state index contributed by atoms with van der Waals surface area (Å²) >= 11 is 0. The van der Waals surface area contributed by atoms with Crippen molar-refractivity contribution >= 4 is 21.8 Å². The molecular weight excluding hydrogens is 361 g/mol. The molecule has 0 bridgehead atoms. The minimum atomic E-state index is -3.57. The van der Waals surface area contributed by atoms with Crippen molar-refractivity contribution in [2.24, 2.45) is 0 Å². The third-order valence-electron chi connectivity index (χ3n) is 3.58. The molecule has 0 spiro atoms. The van der Waals surface area contributed by atoms with Gasteiger partial charge in [0.1, 0.15) is 5.82 Å². The van der Waals surface area contributed by atoms with Crippen LogP contribution >= 0.6 is 0 Å². The zero-order chi connectivity index (χ0) is 18.7. The fourth-order valence-electron chi connectivity index (χ4n) is 2.23. The van der Waals surface area contributed by atoms with E-state index in [0.717, 1.165) is 0 Å². The maximum Gasteiger partial charge on any atom is 0.322 e. The van der Waals surface area contributed by atoms with Crippen LogP contribution in [0, 0.1) is 5.82 Å². The van der Waals surface area contributed by atoms with E-state index >= 15 is 0 Å². The highest BCUT2D eigenvalue weighted by Crippen LogP contribution is 2.22. The summed E-state index contributed by atoms with van der Waals surface area (Å²) < 4.78 is 42.6. The van der Waals surface area contributed by atoms with Gasteiger partial charge in [-0.3, -0.25) is 10.1 Å². The number of anilines is 1. The smallest absolute Gasteiger partial charge is 0.322 e. The molecule has 3 aromatic rings. The summed E-state index contributed by atoms with van der Waals surface area (Å²) in [6, 6.07) is 11.1. The van der Waals surface area contributed by atoms with Gasteiger partial charge in [0, 0.05) is 5.56 Å². The molecule has 0 atom stereocenters. The van der Waals surface area contributed by atoms with Gasteiger partial charge in [0.15, 0.2) is 9.84 Å². The van der Waals surface area contributed by atoms with E-state index in [4.69, 9.17) is 4.42 Å². The molecule has 7 nitrogen and oxygen atoms in total. The topological polar surface area (TPSA) is 102 Å². The number of hydrogen-bond acceptors (Lipinski definition) is 6. The van der Waals surface area contributed by atoms with Crippen LogP contribution in [0.3, 0.4) is 0 Å². The number of benzene rings is 2. The summed E-state index contributed by atoms with van der Waals surface area (Å²) in [7, 11) is -3.57. The molecule has 1 heterocycles. The van der Waals surface area contributed by atoms with Crippen molar-refractivity contribution in [1.29, 1.82) is 0 Å². The van der Waals surface area contributed by atoms with Crippen LogP contribution in [-0.4, -0.2) is 30.3 Å². The number of sulfone groups is 1. The molecule has 0 saturated carbocycles. The lowest BCUT2D eigenvalue weighted by molar-refractivity contribution is 0.102. The third-order valence-corrected chi connectivity index (χ3v) is 5.37. The second-order valence-electron chi connectivity index (χ2n) is 5.27. The summed E-state index contributed by atoms with van der Waals surface area (Å²) in [5.41, 5.74) is 0.462. The Kier molecular flexibility index (Phi) is 4.81. The Morgan fingerprint density at radius 3 is 2.50 bits per heavy atom. The Hall–Kier alpha value is -3.07. The summed E-state index contributed by atoms with van der Waals surface area (Å²) in [4.78, 5) is 12.4. The number of rotatable bonds is 5. The van der Waals surface area contributed by atoms with Gasteiger partial charge in [0.2, 0.25) is 5.89 Å². The van der Waals surface area contributed by atoms with Crippen LogP contribution in [0.15, 0.2) is 57.8 Å². The zero-order valence-electron chi connectivity index (χ0n) is 13.6. The van der Waals surface area contributed by atoms with Crippen LogP contribution < -0.4 is 5.32 Å². The lowest BCUT2D eigenvalue weighted by Gasteiger charge is -2.07. The van der Waals surface area contributed by atoms with Gasteiger partial charge in [-0.15, -0.1) is 5.10 Å². The normalized spacial score (nSPS) is 11.3. The van der Waals surface area contributed by atoms with Crippen LogP contribution in [0.2, 0.25) is 0 Å². The van der Waals surface area contributed by atoms with Crippen LogP contribution in [0.1, 0.15) is 17.3 Å². The fraction of sp³-hybridized carbons (Fsp3) is 0.118. The van der Waals surface area contributed by atoms with E-state index in [1.807, 2.05) is 0 Å². The Balaban J connectivity index is 1.85. The monoisotopic (exact) mass is 375 g/mol. The van der Waals surface area contributed by atoms with E-state index in [1.54, 1.807) is 12.1 Å². The van der Waals surface area contributed by atoms with E-state index in [9.17, 15) is 17.6 Å². The van der Waals surface area contributed by atoms with Gasteiger partial charge in [0.05, 0.1) is 16.2 Å². The standard InChI is InChI=1S/C17H14FN3O4S/c1-2-26(23,24)14-6-4-3-5-13(14)15(22)19-17-21-20-16(25-17)11-7-9-12(18)10-8-11/h3-10H,2H2,1H3,(H,19,21,22). The first-order valence-corrected chi connectivity index (χ1v) is 9.28. The highest BCUT2D eigenvalue weighted by atomic mass is 32.2. The van der Waals surface area contributed by atoms with Gasteiger partial charge in [0.25, 0.3) is 5.91 Å². The average Bonchev–Trinajstić information content (AvgIpc) is 3.10. The Bertz CT molecular complexity index is 1050. The molecule has 0 fully saturated rings. The SMILES string of the molecule is CCS(=O)(=O)c1ccccc1C(=O)Nc1nnc(-c2ccc(F)cc2)o1. The van der Waals surface area contributed by atoms with Crippen molar-refractivity contribution in [3.8, 4) is 11.5 Å². The van der Waals surface area contributed by atoms with Crippen molar-refractivity contribution in [1.82, 2.24) is 10.2 Å². The molecule has 3 rings (SSSR count). The predicted molar refractivity (Wildman–Crippen MR) is 91.8 cm³/mol. The first kappa shape index (κ1) is 17.7. The van der Waals surface area contributed by atoms with Crippen LogP contribution in [0.5, 0.6) is 0 Å². The van der Waals surface area contributed by atoms with Crippen molar-refractivity contribution in [2.75, 3.05) is 11.1 Å². The summed E-state index contributed by atoms with van der Waals surface area (Å²) in [6.07, 6.45) is 0. The largest absolute Gasteiger partial charge is 0.403 e. The lowest BCUT2D eigenvalue weighted by atomic mass is 10.2. The van der Waals surface area contributed by atoms with E-state index < -0.39 is 21.6 Å². The molecule has 2 aromatic carbocycles. The van der Waals surface area contributed by atoms with Crippen molar-refractivity contribution in [3.05, 3.63) is 59.9 Å². The molecule has 0 aliphatic carbocycles. The molecular formula is C17H14FN3O4S. The van der Waals surface area contributed by atoms with Crippen LogP contribution in [0.4, 0.5) is 10.4 Å². The van der Waals surface area contributed by atoms with Crippen LogP contribution in [0.25, 0.3) is 11.5 Å². The Morgan fingerprint density at radius 2 is 1.81 bits per heavy atom. The summed E-state index contributed by atoms with van der Waals surface area (Å²) in [5, 5.41) is 9.86. The molecule has 0 aliphatic rings. The fourth-order valence-corrected chi connectivity index (χ4v) is 3.32. The van der Waals surface area contributed by atoms with Crippen molar-refractivity contribution in [3.63, 3.8) is 0 Å². The first-order valence-electron chi connectivity index (χ1n) is 7.63. The van der Waals surface area contributed by atoms with Crippen LogP contribution in [-0.2, 0) is 9.84 Å². The number of aromatic nitrogens is 2. The number of hydrogen-bond donors (Lipinski definition) is 1. The number of carbonyl (C=O) groups excluding carboxylic acids is 1. The zero-order valence-corrected chi connectivity index (χ0v) is 14.5. The highest BCUT2D eigenvalue weighted by molar-refractivity contribution is 7.91. The molecule has 0 aliphatic heterocycles. The lowest BCUT2D eigenvalue weighted by Crippen LogP contribution is -2.17. The number of nitrogens with zero attached hydrogens (tertiary/aromatic N) is 2. The molecule has 134 valence electrons. The van der Waals surface area contributed by atoms with Gasteiger partial charge in [-0.1, -0.05) is 24.2 Å². The van der Waals surface area contributed by atoms with Crippen molar-refractivity contribution in [2.45, 2.75) is 11.8 Å². The summed E-state index contributed by atoms with van der Waals surface area (Å²) in [6.45, 7) is 1.50. The Labute approximate surface area is 148 Å². The number of halogens is 1. The molecule has 0 radical (unpaired) electrons. The molecule has 9 heteroatoms. The molecule has 26 heavy (non-hydrogen) atoms. The minimum Gasteiger partial charge on any atom is -0.403 e. The van der Waals surface area contributed by atoms with E-state index in [0.29, 0.717) is 5.56 Å². The van der Waals surface area contributed by atoms with Crippen molar-refractivity contribution < 1.29 is 22.0 Å². The summed E-state index contributed by atoms with van der Waals surface area (Å²) in [5.74, 6) is -1.13. The van der Waals surface area contributed by atoms with Gasteiger partial charge >= 0.3 is 6.01 Å². The minimum absolute atomic E-state index is 0.0177. The van der Waals surface area contributed by atoms with E-state index in [2.05, 4.69) is 15.5 Å². The maximum atomic E-state index is 13.0. The first-order chi connectivity index (χ1) is 12.4. The number of amides is 1. The highest BCUT2D eigenvalue weighted by Gasteiger charge is 2.22. The molecule has 0 unspecified atom stereocenters. The second kappa shape index (κ2) is 7.04. The number of carbonyl (C=O) groups is 1. The predicted octanol–water partition coefficient (Wildman–Crippen LogP) is 2.92. The quantitative estimate of drug-likeness (QED) is 0.736. The van der Waals surface area contributed by atoms with E-state index in [-0.39, 0.29) is 28.1 Å². The second-order valence-corrected chi connectivity index (χ2v) is 7.52. The van der Waals surface area contributed by atoms with Gasteiger partial charge in [-0.25, -0.2) is 12.8 Å². The molecule has 1 amide bonds. The maximum absolute atomic E-state index is 13.0.